The molecule has 0 radical (unpaired) electrons. The van der Waals surface area contributed by atoms with Crippen LogP contribution in [0.15, 0.2) is 24.3 Å². The number of carboxylic acids is 1. The van der Waals surface area contributed by atoms with Crippen molar-refractivity contribution in [3.8, 4) is 0 Å². The number of aromatic amines is 1. The normalized spacial score (nSPS) is 30.4. The Kier molecular flexibility index (Phi) is 5.28. The summed E-state index contributed by atoms with van der Waals surface area (Å²) < 4.78 is 5.60. The predicted octanol–water partition coefficient (Wildman–Crippen LogP) is -1.36. The van der Waals surface area contributed by atoms with Gasteiger partial charge < -0.3 is 41.0 Å². The van der Waals surface area contributed by atoms with E-state index in [0.29, 0.717) is 16.8 Å². The first-order chi connectivity index (χ1) is 12.3. The Labute approximate surface area is 148 Å². The van der Waals surface area contributed by atoms with Crippen LogP contribution in [-0.4, -0.2) is 73.6 Å². The summed E-state index contributed by atoms with van der Waals surface area (Å²) in [5, 5.41) is 49.6. The molecule has 0 bridgehead atoms. The number of para-hydroxylation sites is 1. The Morgan fingerprint density at radius 1 is 1.19 bits per heavy atom. The highest BCUT2D eigenvalue weighted by Crippen LogP contribution is 2.36. The van der Waals surface area contributed by atoms with E-state index in [0.717, 1.165) is 5.39 Å². The molecule has 1 unspecified atom stereocenters. The number of aliphatic hydroxyl groups is 4. The number of benzene rings is 1. The molecule has 1 aliphatic rings. The molecule has 6 atom stereocenters. The number of hydrogen-bond acceptors (Lipinski definition) is 7. The second-order valence-electron chi connectivity index (χ2n) is 6.46. The van der Waals surface area contributed by atoms with Gasteiger partial charge in [0.15, 0.2) is 0 Å². The molecule has 1 aliphatic heterocycles. The topological polar surface area (TPSA) is 169 Å². The largest absolute Gasteiger partial charge is 0.480 e. The monoisotopic (exact) mass is 366 g/mol. The maximum atomic E-state index is 11.2. The van der Waals surface area contributed by atoms with E-state index in [1.807, 2.05) is 0 Å². The van der Waals surface area contributed by atoms with Gasteiger partial charge in [-0.2, -0.15) is 0 Å². The van der Waals surface area contributed by atoms with Gasteiger partial charge in [-0.3, -0.25) is 4.79 Å². The van der Waals surface area contributed by atoms with Crippen molar-refractivity contribution in [1.29, 1.82) is 0 Å². The summed E-state index contributed by atoms with van der Waals surface area (Å²) in [5.74, 6) is -1.17. The fourth-order valence-corrected chi connectivity index (χ4v) is 3.33. The van der Waals surface area contributed by atoms with E-state index in [2.05, 4.69) is 4.98 Å². The van der Waals surface area contributed by atoms with Crippen LogP contribution < -0.4 is 5.73 Å². The Hall–Kier alpha value is -2.01. The van der Waals surface area contributed by atoms with E-state index in [-0.39, 0.29) is 6.42 Å². The molecule has 1 aromatic heterocycles. The molecule has 0 aliphatic carbocycles. The molecular weight excluding hydrogens is 344 g/mol. The van der Waals surface area contributed by atoms with Crippen LogP contribution in [0.5, 0.6) is 0 Å². The molecule has 9 nitrogen and oxygen atoms in total. The van der Waals surface area contributed by atoms with Gasteiger partial charge in [0.25, 0.3) is 0 Å². The van der Waals surface area contributed by atoms with Crippen molar-refractivity contribution < 1.29 is 35.1 Å². The summed E-state index contributed by atoms with van der Waals surface area (Å²) in [6, 6.07) is 5.96. The van der Waals surface area contributed by atoms with Crippen LogP contribution in [0.2, 0.25) is 0 Å². The summed E-state index contributed by atoms with van der Waals surface area (Å²) in [6.07, 6.45) is -6.65. The molecular formula is C17H22N2O7. The molecule has 0 amide bonds. The van der Waals surface area contributed by atoms with Crippen molar-refractivity contribution in [2.75, 3.05) is 6.61 Å². The van der Waals surface area contributed by atoms with Crippen molar-refractivity contribution >= 4 is 16.9 Å². The number of carbonyl (C=O) groups is 1. The molecule has 26 heavy (non-hydrogen) atoms. The first kappa shape index (κ1) is 18.8. The van der Waals surface area contributed by atoms with Gasteiger partial charge >= 0.3 is 5.97 Å². The van der Waals surface area contributed by atoms with Crippen molar-refractivity contribution in [2.45, 2.75) is 43.0 Å². The third-order valence-electron chi connectivity index (χ3n) is 4.76. The molecule has 2 aromatic rings. The lowest BCUT2D eigenvalue weighted by molar-refractivity contribution is -0.232. The number of hydrogen-bond donors (Lipinski definition) is 7. The first-order valence-electron chi connectivity index (χ1n) is 8.23. The molecule has 1 saturated heterocycles. The average molecular weight is 366 g/mol. The zero-order valence-corrected chi connectivity index (χ0v) is 13.8. The number of carboxylic acid groups (broad SMARTS) is 1. The maximum absolute atomic E-state index is 11.2. The minimum absolute atomic E-state index is 0.0241. The minimum Gasteiger partial charge on any atom is -0.480 e. The van der Waals surface area contributed by atoms with Gasteiger partial charge in [0, 0.05) is 17.3 Å². The van der Waals surface area contributed by atoms with Crippen molar-refractivity contribution in [3.05, 3.63) is 35.5 Å². The van der Waals surface area contributed by atoms with E-state index in [1.165, 1.54) is 0 Å². The van der Waals surface area contributed by atoms with Crippen LogP contribution in [0.1, 0.15) is 17.4 Å². The fourth-order valence-electron chi connectivity index (χ4n) is 3.33. The first-order valence-corrected chi connectivity index (χ1v) is 8.23. The Balaban J connectivity index is 2.07. The van der Waals surface area contributed by atoms with Gasteiger partial charge in [-0.15, -0.1) is 0 Å². The molecule has 1 aromatic carbocycles. The molecule has 9 heteroatoms. The number of rotatable bonds is 5. The molecule has 0 spiro atoms. The van der Waals surface area contributed by atoms with Gasteiger partial charge in [-0.1, -0.05) is 18.2 Å². The Morgan fingerprint density at radius 3 is 2.54 bits per heavy atom. The van der Waals surface area contributed by atoms with Gasteiger partial charge in [0.05, 0.1) is 12.3 Å². The quantitative estimate of drug-likeness (QED) is 0.340. The third kappa shape index (κ3) is 3.20. The van der Waals surface area contributed by atoms with Crippen LogP contribution in [-0.2, 0) is 16.0 Å². The standard InChI is InChI=1S/C17H22N2O7/c18-9(17(24)25)5-8-7-3-1-2-4-10(7)19-12(8)16-15(23)14(22)13(21)11(6-20)26-16/h1-4,9,11,13-16,19-23H,5-6,18H2,(H,24,25)/t9?,11-,13-,14+,15+,16+/m1/s1. The van der Waals surface area contributed by atoms with E-state index < -0.39 is 49.1 Å². The summed E-state index contributed by atoms with van der Waals surface area (Å²) in [5.41, 5.74) is 7.28. The second kappa shape index (κ2) is 7.31. The van der Waals surface area contributed by atoms with Crippen molar-refractivity contribution in [3.63, 3.8) is 0 Å². The number of H-pyrrole nitrogens is 1. The zero-order valence-electron chi connectivity index (χ0n) is 13.8. The maximum Gasteiger partial charge on any atom is 0.320 e. The van der Waals surface area contributed by atoms with Crippen LogP contribution in [0.25, 0.3) is 10.9 Å². The smallest absolute Gasteiger partial charge is 0.320 e. The molecule has 8 N–H and O–H groups in total. The van der Waals surface area contributed by atoms with E-state index in [1.54, 1.807) is 24.3 Å². The number of fused-ring (bicyclic) bond motifs is 1. The van der Waals surface area contributed by atoms with Gasteiger partial charge in [-0.25, -0.2) is 0 Å². The number of aliphatic hydroxyl groups excluding tert-OH is 4. The van der Waals surface area contributed by atoms with Gasteiger partial charge in [0.1, 0.15) is 36.6 Å². The van der Waals surface area contributed by atoms with Crippen LogP contribution in [0, 0.1) is 0 Å². The van der Waals surface area contributed by atoms with Gasteiger partial charge in [-0.05, 0) is 11.6 Å². The Bertz CT molecular complexity index is 791. The Morgan fingerprint density at radius 2 is 1.88 bits per heavy atom. The number of aliphatic carboxylic acids is 1. The number of ether oxygens (including phenoxy) is 1. The van der Waals surface area contributed by atoms with E-state index in [4.69, 9.17) is 15.6 Å². The SMILES string of the molecule is NC(Cc1c([C@@H]2O[C@H](CO)[C@@H](O)[C@H](O)[C@@H]2O)[nH]c2ccccc12)C(=O)O. The number of nitrogens with two attached hydrogens (primary N) is 1. The second-order valence-corrected chi connectivity index (χ2v) is 6.46. The lowest BCUT2D eigenvalue weighted by Crippen LogP contribution is -2.55. The van der Waals surface area contributed by atoms with Crippen LogP contribution in [0.3, 0.4) is 0 Å². The van der Waals surface area contributed by atoms with E-state index >= 15 is 0 Å². The summed E-state index contributed by atoms with van der Waals surface area (Å²) in [4.78, 5) is 14.3. The van der Waals surface area contributed by atoms with Crippen LogP contribution >= 0.6 is 0 Å². The third-order valence-corrected chi connectivity index (χ3v) is 4.76. The molecule has 3 rings (SSSR count). The van der Waals surface area contributed by atoms with Crippen molar-refractivity contribution in [2.24, 2.45) is 5.73 Å². The molecule has 1 fully saturated rings. The highest BCUT2D eigenvalue weighted by molar-refractivity contribution is 5.86. The average Bonchev–Trinajstić information content (AvgIpc) is 2.98. The number of nitrogens with one attached hydrogen (secondary N) is 1. The highest BCUT2D eigenvalue weighted by atomic mass is 16.5. The number of aromatic nitrogens is 1. The lowest BCUT2D eigenvalue weighted by Gasteiger charge is -2.40. The predicted molar refractivity (Wildman–Crippen MR) is 90.3 cm³/mol. The minimum atomic E-state index is -1.53. The summed E-state index contributed by atoms with van der Waals surface area (Å²) in [7, 11) is 0. The zero-order chi connectivity index (χ0) is 19.0. The fraction of sp³-hybridized carbons (Fsp3) is 0.471. The molecule has 142 valence electrons. The van der Waals surface area contributed by atoms with Crippen molar-refractivity contribution in [1.82, 2.24) is 4.98 Å². The lowest BCUT2D eigenvalue weighted by atomic mass is 9.90. The molecule has 0 saturated carbocycles. The van der Waals surface area contributed by atoms with Crippen LogP contribution in [0.4, 0.5) is 0 Å². The summed E-state index contributed by atoms with van der Waals surface area (Å²) in [6.45, 7) is -0.550. The van der Waals surface area contributed by atoms with E-state index in [9.17, 15) is 25.2 Å². The highest BCUT2D eigenvalue weighted by Gasteiger charge is 2.45. The molecule has 2 heterocycles. The summed E-state index contributed by atoms with van der Waals surface area (Å²) >= 11 is 0. The van der Waals surface area contributed by atoms with Gasteiger partial charge in [0.2, 0.25) is 0 Å².